The van der Waals surface area contributed by atoms with Gasteiger partial charge in [-0.2, -0.15) is 0 Å². The minimum absolute atomic E-state index is 0.00568. The zero-order chi connectivity index (χ0) is 13.0. The van der Waals surface area contributed by atoms with Crippen molar-refractivity contribution in [3.63, 3.8) is 0 Å². The molecular formula is C12H16N4O2. The Morgan fingerprint density at radius 3 is 3.11 bits per heavy atom. The maximum atomic E-state index is 12.4. The van der Waals surface area contributed by atoms with Crippen molar-refractivity contribution in [3.05, 3.63) is 24.0 Å². The summed E-state index contributed by atoms with van der Waals surface area (Å²) in [6, 6.07) is 1.69. The first-order valence-corrected chi connectivity index (χ1v) is 5.90. The van der Waals surface area contributed by atoms with E-state index in [-0.39, 0.29) is 11.8 Å². The standard InChI is InChI=1S/C12H16N4O2/c1-13-10-8-14-4-2-9(10)12(18)16-6-3-11(17)15-5-7-16/h2,4,8,13H,3,5-7H2,1H3,(H,15,17). The van der Waals surface area contributed by atoms with Crippen LogP contribution in [0.5, 0.6) is 0 Å². The van der Waals surface area contributed by atoms with Crippen molar-refractivity contribution < 1.29 is 9.59 Å². The number of nitrogens with zero attached hydrogens (tertiary/aromatic N) is 2. The number of anilines is 1. The normalized spacial score (nSPS) is 15.8. The highest BCUT2D eigenvalue weighted by Crippen LogP contribution is 2.15. The highest BCUT2D eigenvalue weighted by Gasteiger charge is 2.21. The van der Waals surface area contributed by atoms with Gasteiger partial charge in [0.1, 0.15) is 0 Å². The summed E-state index contributed by atoms with van der Waals surface area (Å²) in [6.45, 7) is 1.50. The lowest BCUT2D eigenvalue weighted by Gasteiger charge is -2.20. The lowest BCUT2D eigenvalue weighted by Crippen LogP contribution is -2.34. The average molecular weight is 248 g/mol. The van der Waals surface area contributed by atoms with Crippen molar-refractivity contribution in [1.82, 2.24) is 15.2 Å². The Morgan fingerprint density at radius 2 is 2.33 bits per heavy atom. The summed E-state index contributed by atoms with van der Waals surface area (Å²) in [6.07, 6.45) is 3.56. The van der Waals surface area contributed by atoms with Crippen LogP contribution in [-0.2, 0) is 4.79 Å². The maximum absolute atomic E-state index is 12.4. The molecule has 0 unspecified atom stereocenters. The van der Waals surface area contributed by atoms with Crippen LogP contribution in [-0.4, -0.2) is 48.4 Å². The van der Waals surface area contributed by atoms with Gasteiger partial charge in [0.25, 0.3) is 5.91 Å². The van der Waals surface area contributed by atoms with Gasteiger partial charge in [-0.05, 0) is 6.07 Å². The number of aromatic nitrogens is 1. The zero-order valence-corrected chi connectivity index (χ0v) is 10.3. The summed E-state index contributed by atoms with van der Waals surface area (Å²) < 4.78 is 0. The summed E-state index contributed by atoms with van der Waals surface area (Å²) in [5.74, 6) is -0.0767. The Kier molecular flexibility index (Phi) is 3.76. The number of nitrogens with one attached hydrogen (secondary N) is 2. The van der Waals surface area contributed by atoms with Crippen LogP contribution in [0.2, 0.25) is 0 Å². The fraction of sp³-hybridized carbons (Fsp3) is 0.417. The summed E-state index contributed by atoms with van der Waals surface area (Å²) in [4.78, 5) is 29.3. The molecule has 1 fully saturated rings. The first-order chi connectivity index (χ1) is 8.72. The summed E-state index contributed by atoms with van der Waals surface area (Å²) in [5.41, 5.74) is 1.29. The van der Waals surface area contributed by atoms with E-state index in [0.29, 0.717) is 37.3 Å². The summed E-state index contributed by atoms with van der Waals surface area (Å²) >= 11 is 0. The SMILES string of the molecule is CNc1cnccc1C(=O)N1CCNC(=O)CC1. The molecule has 0 spiro atoms. The van der Waals surface area contributed by atoms with Gasteiger partial charge in [0.15, 0.2) is 0 Å². The Hall–Kier alpha value is -2.11. The highest BCUT2D eigenvalue weighted by molar-refractivity contribution is 5.99. The van der Waals surface area contributed by atoms with Gasteiger partial charge in [-0.25, -0.2) is 0 Å². The van der Waals surface area contributed by atoms with Crippen LogP contribution in [0.25, 0.3) is 0 Å². The van der Waals surface area contributed by atoms with E-state index in [9.17, 15) is 9.59 Å². The van der Waals surface area contributed by atoms with Crippen LogP contribution in [0.15, 0.2) is 18.5 Å². The van der Waals surface area contributed by atoms with E-state index in [0.717, 1.165) is 0 Å². The molecule has 6 heteroatoms. The molecule has 1 aromatic rings. The van der Waals surface area contributed by atoms with Crippen LogP contribution in [0.4, 0.5) is 5.69 Å². The highest BCUT2D eigenvalue weighted by atomic mass is 16.2. The number of pyridine rings is 1. The molecule has 2 heterocycles. The fourth-order valence-electron chi connectivity index (χ4n) is 1.92. The lowest BCUT2D eigenvalue weighted by atomic mass is 10.2. The molecule has 2 amide bonds. The van der Waals surface area contributed by atoms with Gasteiger partial charge >= 0.3 is 0 Å². The van der Waals surface area contributed by atoms with Crippen LogP contribution >= 0.6 is 0 Å². The molecule has 0 bridgehead atoms. The molecule has 2 rings (SSSR count). The Morgan fingerprint density at radius 1 is 1.50 bits per heavy atom. The van der Waals surface area contributed by atoms with Crippen LogP contribution in [0, 0.1) is 0 Å². The zero-order valence-electron chi connectivity index (χ0n) is 10.3. The van der Waals surface area contributed by atoms with Crippen molar-refractivity contribution in [2.45, 2.75) is 6.42 Å². The molecule has 0 saturated carbocycles. The molecular weight excluding hydrogens is 232 g/mol. The van der Waals surface area contributed by atoms with E-state index in [1.54, 1.807) is 30.4 Å². The first-order valence-electron chi connectivity index (χ1n) is 5.90. The van der Waals surface area contributed by atoms with E-state index in [1.807, 2.05) is 0 Å². The Balaban J connectivity index is 2.17. The Bertz CT molecular complexity index is 461. The molecule has 0 atom stereocenters. The molecule has 1 aliphatic heterocycles. The van der Waals surface area contributed by atoms with Crippen molar-refractivity contribution in [2.75, 3.05) is 32.0 Å². The third-order valence-corrected chi connectivity index (χ3v) is 2.92. The van der Waals surface area contributed by atoms with Crippen molar-refractivity contribution in [3.8, 4) is 0 Å². The number of carbonyl (C=O) groups is 2. The van der Waals surface area contributed by atoms with Gasteiger partial charge in [0, 0.05) is 39.3 Å². The number of rotatable bonds is 2. The molecule has 18 heavy (non-hydrogen) atoms. The third kappa shape index (κ3) is 2.58. The second kappa shape index (κ2) is 5.48. The van der Waals surface area contributed by atoms with Crippen LogP contribution in [0.1, 0.15) is 16.8 Å². The smallest absolute Gasteiger partial charge is 0.256 e. The van der Waals surface area contributed by atoms with Gasteiger partial charge < -0.3 is 15.5 Å². The number of carbonyl (C=O) groups excluding carboxylic acids is 2. The van der Waals surface area contributed by atoms with Crippen molar-refractivity contribution >= 4 is 17.5 Å². The largest absolute Gasteiger partial charge is 0.386 e. The number of hydrogen-bond acceptors (Lipinski definition) is 4. The number of hydrogen-bond donors (Lipinski definition) is 2. The monoisotopic (exact) mass is 248 g/mol. The van der Waals surface area contributed by atoms with Gasteiger partial charge in [0.05, 0.1) is 17.4 Å². The second-order valence-electron chi connectivity index (χ2n) is 4.06. The van der Waals surface area contributed by atoms with E-state index < -0.39 is 0 Å². The number of amides is 2. The van der Waals surface area contributed by atoms with E-state index >= 15 is 0 Å². The second-order valence-corrected chi connectivity index (χ2v) is 4.06. The summed E-state index contributed by atoms with van der Waals surface area (Å²) in [7, 11) is 1.75. The molecule has 1 saturated heterocycles. The fourth-order valence-corrected chi connectivity index (χ4v) is 1.92. The minimum Gasteiger partial charge on any atom is -0.386 e. The predicted octanol–water partition coefficient (Wildman–Crippen LogP) is 0.0854. The molecule has 0 aliphatic carbocycles. The van der Waals surface area contributed by atoms with Crippen molar-refractivity contribution in [1.29, 1.82) is 0 Å². The minimum atomic E-state index is -0.0711. The molecule has 1 aromatic heterocycles. The van der Waals surface area contributed by atoms with Gasteiger partial charge in [-0.1, -0.05) is 0 Å². The summed E-state index contributed by atoms with van der Waals surface area (Å²) in [5, 5.41) is 5.70. The van der Waals surface area contributed by atoms with Gasteiger partial charge in [-0.15, -0.1) is 0 Å². The van der Waals surface area contributed by atoms with Crippen LogP contribution < -0.4 is 10.6 Å². The average Bonchev–Trinajstić information content (AvgIpc) is 2.62. The van der Waals surface area contributed by atoms with E-state index in [2.05, 4.69) is 15.6 Å². The van der Waals surface area contributed by atoms with E-state index in [1.165, 1.54) is 0 Å². The molecule has 6 nitrogen and oxygen atoms in total. The van der Waals surface area contributed by atoms with E-state index in [4.69, 9.17) is 0 Å². The van der Waals surface area contributed by atoms with Gasteiger partial charge in [-0.3, -0.25) is 14.6 Å². The molecule has 1 aliphatic rings. The lowest BCUT2D eigenvalue weighted by molar-refractivity contribution is -0.120. The maximum Gasteiger partial charge on any atom is 0.256 e. The molecule has 0 aromatic carbocycles. The van der Waals surface area contributed by atoms with Gasteiger partial charge in [0.2, 0.25) is 5.91 Å². The van der Waals surface area contributed by atoms with Crippen molar-refractivity contribution in [2.24, 2.45) is 0 Å². The quantitative estimate of drug-likeness (QED) is 0.777. The Labute approximate surface area is 105 Å². The molecule has 0 radical (unpaired) electrons. The van der Waals surface area contributed by atoms with Crippen LogP contribution in [0.3, 0.4) is 0 Å². The predicted molar refractivity (Wildman–Crippen MR) is 67.3 cm³/mol. The molecule has 2 N–H and O–H groups in total. The molecule has 96 valence electrons. The topological polar surface area (TPSA) is 74.3 Å². The third-order valence-electron chi connectivity index (χ3n) is 2.92. The first kappa shape index (κ1) is 12.3.